The number of aromatic nitrogens is 2. The summed E-state index contributed by atoms with van der Waals surface area (Å²) >= 11 is 1.65. The molecular weight excluding hydrogens is 294 g/mol. The highest BCUT2D eigenvalue weighted by Gasteiger charge is 2.09. The van der Waals surface area contributed by atoms with Gasteiger partial charge >= 0.3 is 0 Å². The molecule has 0 aliphatic heterocycles. The first-order valence-corrected chi connectivity index (χ1v) is 8.03. The number of benzene rings is 2. The van der Waals surface area contributed by atoms with Gasteiger partial charge in [0.25, 0.3) is 5.91 Å². The summed E-state index contributed by atoms with van der Waals surface area (Å²) in [7, 11) is 0. The van der Waals surface area contributed by atoms with Crippen LogP contribution in [0.2, 0.25) is 0 Å². The standard InChI is InChI=1S/C17H15N3OS/c1-22-14-8-6-13(7-9-14)17(21)19-15-4-2-3-5-16(15)20-11-10-18-12-20/h2-12H,1H3,(H,19,21). The molecule has 0 radical (unpaired) electrons. The predicted octanol–water partition coefficient (Wildman–Crippen LogP) is 3.85. The topological polar surface area (TPSA) is 46.9 Å². The maximum Gasteiger partial charge on any atom is 0.255 e. The highest BCUT2D eigenvalue weighted by Crippen LogP contribution is 2.21. The lowest BCUT2D eigenvalue weighted by atomic mass is 10.2. The molecule has 0 aliphatic rings. The molecule has 0 saturated heterocycles. The van der Waals surface area contributed by atoms with E-state index in [2.05, 4.69) is 10.3 Å². The highest BCUT2D eigenvalue weighted by atomic mass is 32.2. The van der Waals surface area contributed by atoms with Crippen molar-refractivity contribution >= 4 is 23.4 Å². The van der Waals surface area contributed by atoms with Crippen molar-refractivity contribution in [2.75, 3.05) is 11.6 Å². The number of carbonyl (C=O) groups excluding carboxylic acids is 1. The fraction of sp³-hybridized carbons (Fsp3) is 0.0588. The van der Waals surface area contributed by atoms with Crippen LogP contribution in [0.3, 0.4) is 0 Å². The number of nitrogens with one attached hydrogen (secondary N) is 1. The molecule has 1 heterocycles. The van der Waals surface area contributed by atoms with Crippen molar-refractivity contribution in [3.05, 3.63) is 72.8 Å². The molecule has 3 rings (SSSR count). The number of hydrogen-bond acceptors (Lipinski definition) is 3. The first-order valence-electron chi connectivity index (χ1n) is 6.80. The number of thioether (sulfide) groups is 1. The number of hydrogen-bond donors (Lipinski definition) is 1. The quantitative estimate of drug-likeness (QED) is 0.745. The van der Waals surface area contributed by atoms with Crippen LogP contribution >= 0.6 is 11.8 Å². The molecule has 0 fully saturated rings. The minimum Gasteiger partial charge on any atom is -0.320 e. The minimum atomic E-state index is -0.125. The lowest BCUT2D eigenvalue weighted by Gasteiger charge is -2.11. The van der Waals surface area contributed by atoms with E-state index in [9.17, 15) is 4.79 Å². The second-order valence-corrected chi connectivity index (χ2v) is 5.55. The molecule has 0 bridgehead atoms. The van der Waals surface area contributed by atoms with Gasteiger partial charge in [-0.3, -0.25) is 4.79 Å². The molecule has 0 spiro atoms. The van der Waals surface area contributed by atoms with Gasteiger partial charge in [0.2, 0.25) is 0 Å². The molecule has 5 heteroatoms. The average molecular weight is 309 g/mol. The molecule has 3 aromatic rings. The van der Waals surface area contributed by atoms with E-state index < -0.39 is 0 Å². The molecular formula is C17H15N3OS. The van der Waals surface area contributed by atoms with Crippen LogP contribution in [-0.4, -0.2) is 21.7 Å². The smallest absolute Gasteiger partial charge is 0.255 e. The number of nitrogens with zero attached hydrogens (tertiary/aromatic N) is 2. The summed E-state index contributed by atoms with van der Waals surface area (Å²) in [5.74, 6) is -0.125. The van der Waals surface area contributed by atoms with Gasteiger partial charge in [0.05, 0.1) is 17.7 Å². The number of rotatable bonds is 4. The fourth-order valence-electron chi connectivity index (χ4n) is 2.14. The SMILES string of the molecule is CSc1ccc(C(=O)Nc2ccccc2-n2ccnc2)cc1. The first-order chi connectivity index (χ1) is 10.8. The summed E-state index contributed by atoms with van der Waals surface area (Å²) in [5, 5.41) is 2.96. The Morgan fingerprint density at radius 3 is 2.59 bits per heavy atom. The van der Waals surface area contributed by atoms with E-state index in [1.807, 2.05) is 65.6 Å². The monoisotopic (exact) mass is 309 g/mol. The van der Waals surface area contributed by atoms with Gasteiger partial charge in [-0.25, -0.2) is 4.98 Å². The fourth-order valence-corrected chi connectivity index (χ4v) is 2.55. The largest absolute Gasteiger partial charge is 0.320 e. The summed E-state index contributed by atoms with van der Waals surface area (Å²) in [5.41, 5.74) is 2.27. The van der Waals surface area contributed by atoms with Gasteiger partial charge in [-0.15, -0.1) is 11.8 Å². The molecule has 22 heavy (non-hydrogen) atoms. The van der Waals surface area contributed by atoms with E-state index >= 15 is 0 Å². The summed E-state index contributed by atoms with van der Waals surface area (Å²) in [6, 6.07) is 15.2. The van der Waals surface area contributed by atoms with Crippen LogP contribution in [0.15, 0.2) is 72.1 Å². The van der Waals surface area contributed by atoms with Crippen LogP contribution in [-0.2, 0) is 0 Å². The van der Waals surface area contributed by atoms with Crippen LogP contribution < -0.4 is 5.32 Å². The molecule has 0 saturated carbocycles. The molecule has 1 aromatic heterocycles. The van der Waals surface area contributed by atoms with Crippen molar-refractivity contribution in [2.45, 2.75) is 4.90 Å². The van der Waals surface area contributed by atoms with E-state index in [4.69, 9.17) is 0 Å². The van der Waals surface area contributed by atoms with Gasteiger partial charge in [0.1, 0.15) is 0 Å². The van der Waals surface area contributed by atoms with Gasteiger partial charge in [0, 0.05) is 22.9 Å². The maximum atomic E-state index is 12.4. The second kappa shape index (κ2) is 6.49. The zero-order chi connectivity index (χ0) is 15.4. The van der Waals surface area contributed by atoms with E-state index in [-0.39, 0.29) is 5.91 Å². The summed E-state index contributed by atoms with van der Waals surface area (Å²) in [4.78, 5) is 17.6. The third-order valence-corrected chi connectivity index (χ3v) is 4.03. The van der Waals surface area contributed by atoms with E-state index in [0.29, 0.717) is 5.56 Å². The Labute approximate surface area is 133 Å². The molecule has 1 amide bonds. The number of anilines is 1. The van der Waals surface area contributed by atoms with Crippen LogP contribution in [0, 0.1) is 0 Å². The Morgan fingerprint density at radius 1 is 1.14 bits per heavy atom. The molecule has 1 N–H and O–H groups in total. The zero-order valence-corrected chi connectivity index (χ0v) is 12.9. The van der Waals surface area contributed by atoms with Gasteiger partial charge in [-0.05, 0) is 42.7 Å². The van der Waals surface area contributed by atoms with Crippen LogP contribution in [0.4, 0.5) is 5.69 Å². The summed E-state index contributed by atoms with van der Waals surface area (Å²) in [6.45, 7) is 0. The Morgan fingerprint density at radius 2 is 1.91 bits per heavy atom. The molecule has 0 atom stereocenters. The van der Waals surface area contributed by atoms with Gasteiger partial charge in [-0.1, -0.05) is 12.1 Å². The predicted molar refractivity (Wildman–Crippen MR) is 89.7 cm³/mol. The highest BCUT2D eigenvalue weighted by molar-refractivity contribution is 7.98. The van der Waals surface area contributed by atoms with Gasteiger partial charge in [-0.2, -0.15) is 0 Å². The molecule has 0 unspecified atom stereocenters. The molecule has 4 nitrogen and oxygen atoms in total. The van der Waals surface area contributed by atoms with Crippen molar-refractivity contribution in [1.29, 1.82) is 0 Å². The van der Waals surface area contributed by atoms with E-state index in [1.165, 1.54) is 0 Å². The van der Waals surface area contributed by atoms with E-state index in [1.54, 1.807) is 24.3 Å². The Hall–Kier alpha value is -2.53. The average Bonchev–Trinajstić information content (AvgIpc) is 3.10. The molecule has 2 aromatic carbocycles. The van der Waals surface area contributed by atoms with Crippen LogP contribution in [0.1, 0.15) is 10.4 Å². The summed E-state index contributed by atoms with van der Waals surface area (Å²) in [6.07, 6.45) is 7.27. The number of para-hydroxylation sites is 2. The second-order valence-electron chi connectivity index (χ2n) is 4.67. The third kappa shape index (κ3) is 3.04. The van der Waals surface area contributed by atoms with Crippen LogP contribution in [0.25, 0.3) is 5.69 Å². The van der Waals surface area contributed by atoms with Crippen LogP contribution in [0.5, 0.6) is 0 Å². The molecule has 110 valence electrons. The van der Waals surface area contributed by atoms with Crippen molar-refractivity contribution < 1.29 is 4.79 Å². The van der Waals surface area contributed by atoms with Crippen molar-refractivity contribution in [3.63, 3.8) is 0 Å². The number of amides is 1. The summed E-state index contributed by atoms with van der Waals surface area (Å²) < 4.78 is 1.87. The van der Waals surface area contributed by atoms with Crippen molar-refractivity contribution in [2.24, 2.45) is 0 Å². The zero-order valence-electron chi connectivity index (χ0n) is 12.1. The Balaban J connectivity index is 1.85. The molecule has 0 aliphatic carbocycles. The lowest BCUT2D eigenvalue weighted by Crippen LogP contribution is -2.13. The van der Waals surface area contributed by atoms with Gasteiger partial charge in [0.15, 0.2) is 0 Å². The van der Waals surface area contributed by atoms with Crippen molar-refractivity contribution in [3.8, 4) is 5.69 Å². The number of imidazole rings is 1. The Kier molecular flexibility index (Phi) is 4.25. The normalized spacial score (nSPS) is 10.4. The van der Waals surface area contributed by atoms with Gasteiger partial charge < -0.3 is 9.88 Å². The maximum absolute atomic E-state index is 12.4. The Bertz CT molecular complexity index is 767. The third-order valence-electron chi connectivity index (χ3n) is 3.29. The first kappa shape index (κ1) is 14.4. The van der Waals surface area contributed by atoms with Crippen molar-refractivity contribution in [1.82, 2.24) is 9.55 Å². The minimum absolute atomic E-state index is 0.125. The van der Waals surface area contributed by atoms with E-state index in [0.717, 1.165) is 16.3 Å². The number of carbonyl (C=O) groups is 1. The lowest BCUT2D eigenvalue weighted by molar-refractivity contribution is 0.102.